The summed E-state index contributed by atoms with van der Waals surface area (Å²) in [6.07, 6.45) is -5.68. The Hall–Kier alpha value is -4.82. The van der Waals surface area contributed by atoms with Gasteiger partial charge < -0.3 is 53.8 Å². The number of carbonyl (C=O) groups excluding carboxylic acids is 1. The van der Waals surface area contributed by atoms with E-state index in [9.17, 15) is 30.0 Å². The van der Waals surface area contributed by atoms with Crippen molar-refractivity contribution in [2.45, 2.75) is 70.2 Å². The lowest BCUT2D eigenvalue weighted by Gasteiger charge is -2.39. The molecule has 0 bridgehead atoms. The number of carbonyl (C=O) groups is 1. The number of unbranched alkanes of at least 4 members (excludes halogenated alkanes) is 2. The van der Waals surface area contributed by atoms with Crippen LogP contribution in [0.5, 0.6) is 28.7 Å². The van der Waals surface area contributed by atoms with E-state index in [4.69, 9.17) is 28.1 Å². The molecule has 0 spiro atoms. The zero-order valence-electron chi connectivity index (χ0n) is 27.5. The molecule has 1 fully saturated rings. The first-order valence-electron chi connectivity index (χ1n) is 16.2. The molecule has 5 unspecified atom stereocenters. The SMILES string of the molecule is CCCCOc1ccc(-c2cc(=O)c3c(O)c(OCCCC)c(OC4OC(C(=O)Nc5cccc(OC)c5)C(O)C(O)C4O)cc3o2)cc1. The monoisotopic (exact) mass is 679 g/mol. The molecule has 3 aromatic carbocycles. The molecule has 262 valence electrons. The molecule has 0 radical (unpaired) electrons. The van der Waals surface area contributed by atoms with Gasteiger partial charge in [0.15, 0.2) is 23.0 Å². The van der Waals surface area contributed by atoms with Crippen LogP contribution in [0.1, 0.15) is 39.5 Å². The lowest BCUT2D eigenvalue weighted by molar-refractivity contribution is -0.265. The minimum atomic E-state index is -1.86. The number of ether oxygens (including phenoxy) is 5. The van der Waals surface area contributed by atoms with Crippen LogP contribution in [-0.4, -0.2) is 77.4 Å². The minimum absolute atomic E-state index is 0.0701. The molecule has 1 aliphatic rings. The number of amides is 1. The zero-order chi connectivity index (χ0) is 35.1. The maximum absolute atomic E-state index is 13.3. The smallest absolute Gasteiger partial charge is 0.256 e. The third kappa shape index (κ3) is 8.08. The van der Waals surface area contributed by atoms with Gasteiger partial charge in [-0.25, -0.2) is 0 Å². The molecule has 13 heteroatoms. The molecular formula is C36H41NO12. The first-order chi connectivity index (χ1) is 23.6. The van der Waals surface area contributed by atoms with Crippen LogP contribution >= 0.6 is 0 Å². The average Bonchev–Trinajstić information content (AvgIpc) is 3.10. The predicted octanol–water partition coefficient (Wildman–Crippen LogP) is 4.36. The molecule has 5 rings (SSSR count). The second kappa shape index (κ2) is 16.1. The van der Waals surface area contributed by atoms with Crippen molar-refractivity contribution in [2.24, 2.45) is 0 Å². The molecule has 49 heavy (non-hydrogen) atoms. The van der Waals surface area contributed by atoms with Crippen molar-refractivity contribution in [3.8, 4) is 40.1 Å². The van der Waals surface area contributed by atoms with Crippen LogP contribution in [-0.2, 0) is 9.53 Å². The molecule has 2 heterocycles. The molecule has 13 nitrogen and oxygen atoms in total. The number of aromatic hydroxyl groups is 1. The standard InChI is InChI=1S/C36H41NO12/c1-4-6-15-45-22-13-11-20(12-14-22)25-18-24(38)28-26(47-25)19-27(33(29(28)39)46-16-7-5-2)48-36-32(42)30(40)31(41)34(49-36)35(43)37-21-9-8-10-23(17-21)44-3/h8-14,17-19,30-32,34,36,39-42H,4-7,15-16H2,1-3H3,(H,37,43). The van der Waals surface area contributed by atoms with Crippen molar-refractivity contribution in [3.05, 3.63) is 70.9 Å². The topological polar surface area (TPSA) is 186 Å². The van der Waals surface area contributed by atoms with Crippen molar-refractivity contribution in [1.29, 1.82) is 0 Å². The average molecular weight is 680 g/mol. The highest BCUT2D eigenvalue weighted by molar-refractivity contribution is 5.95. The Labute approximate surface area is 282 Å². The quantitative estimate of drug-likeness (QED) is 0.119. The summed E-state index contributed by atoms with van der Waals surface area (Å²) in [4.78, 5) is 26.5. The summed E-state index contributed by atoms with van der Waals surface area (Å²) in [6.45, 7) is 4.73. The van der Waals surface area contributed by atoms with Gasteiger partial charge in [-0.1, -0.05) is 32.8 Å². The van der Waals surface area contributed by atoms with Gasteiger partial charge in [-0.05, 0) is 49.2 Å². The van der Waals surface area contributed by atoms with E-state index in [-0.39, 0.29) is 34.8 Å². The van der Waals surface area contributed by atoms with Gasteiger partial charge in [0.25, 0.3) is 5.91 Å². The lowest BCUT2D eigenvalue weighted by atomic mass is 9.98. The summed E-state index contributed by atoms with van der Waals surface area (Å²) in [5, 5.41) is 45.9. The van der Waals surface area contributed by atoms with E-state index in [0.717, 1.165) is 19.3 Å². The Morgan fingerprint density at radius 1 is 0.878 bits per heavy atom. The zero-order valence-corrected chi connectivity index (χ0v) is 27.5. The molecule has 5 atom stereocenters. The van der Waals surface area contributed by atoms with E-state index >= 15 is 0 Å². The number of aliphatic hydroxyl groups is 3. The summed E-state index contributed by atoms with van der Waals surface area (Å²) in [6, 6.07) is 16.0. The number of fused-ring (bicyclic) bond motifs is 1. The first-order valence-corrected chi connectivity index (χ1v) is 16.2. The highest BCUT2D eigenvalue weighted by Gasteiger charge is 2.48. The molecule has 1 saturated heterocycles. The fraction of sp³-hybridized carbons (Fsp3) is 0.389. The number of aliphatic hydroxyl groups excluding tert-OH is 3. The van der Waals surface area contributed by atoms with Crippen molar-refractivity contribution in [3.63, 3.8) is 0 Å². The number of rotatable bonds is 14. The van der Waals surface area contributed by atoms with Gasteiger partial charge in [-0.2, -0.15) is 0 Å². The van der Waals surface area contributed by atoms with Crippen LogP contribution in [0.15, 0.2) is 69.9 Å². The molecule has 4 aromatic rings. The van der Waals surface area contributed by atoms with Crippen LogP contribution < -0.4 is 29.7 Å². The Morgan fingerprint density at radius 2 is 1.59 bits per heavy atom. The van der Waals surface area contributed by atoms with Crippen molar-refractivity contribution < 1.29 is 53.3 Å². The third-order valence-corrected chi connectivity index (χ3v) is 7.97. The number of hydrogen-bond donors (Lipinski definition) is 5. The molecule has 1 aromatic heterocycles. The third-order valence-electron chi connectivity index (χ3n) is 7.97. The Kier molecular flexibility index (Phi) is 11.6. The van der Waals surface area contributed by atoms with E-state index in [2.05, 4.69) is 12.2 Å². The van der Waals surface area contributed by atoms with Crippen molar-refractivity contribution in [2.75, 3.05) is 25.6 Å². The van der Waals surface area contributed by atoms with Gasteiger partial charge in [0, 0.05) is 29.4 Å². The number of nitrogens with one attached hydrogen (secondary N) is 1. The van der Waals surface area contributed by atoms with Crippen LogP contribution in [0.2, 0.25) is 0 Å². The molecule has 5 N–H and O–H groups in total. The fourth-order valence-corrected chi connectivity index (χ4v) is 5.20. The maximum atomic E-state index is 13.3. The van der Waals surface area contributed by atoms with Gasteiger partial charge in [0.1, 0.15) is 46.5 Å². The second-order valence-electron chi connectivity index (χ2n) is 11.6. The summed E-state index contributed by atoms with van der Waals surface area (Å²) in [5.74, 6) is -0.514. The first kappa shape index (κ1) is 35.5. The van der Waals surface area contributed by atoms with Gasteiger partial charge in [-0.15, -0.1) is 0 Å². The minimum Gasteiger partial charge on any atom is -0.504 e. The van der Waals surface area contributed by atoms with Crippen LogP contribution in [0.3, 0.4) is 0 Å². The van der Waals surface area contributed by atoms with Gasteiger partial charge in [-0.3, -0.25) is 9.59 Å². The van der Waals surface area contributed by atoms with E-state index in [1.165, 1.54) is 19.2 Å². The summed E-state index contributed by atoms with van der Waals surface area (Å²) < 4.78 is 34.4. The Balaban J connectivity index is 1.47. The summed E-state index contributed by atoms with van der Waals surface area (Å²) >= 11 is 0. The number of methoxy groups -OCH3 is 1. The van der Waals surface area contributed by atoms with Gasteiger partial charge >= 0.3 is 0 Å². The lowest BCUT2D eigenvalue weighted by Crippen LogP contribution is -2.62. The predicted molar refractivity (Wildman–Crippen MR) is 179 cm³/mol. The highest BCUT2D eigenvalue weighted by atomic mass is 16.7. The number of anilines is 1. The van der Waals surface area contributed by atoms with E-state index in [1.807, 2.05) is 6.92 Å². The molecule has 1 amide bonds. The van der Waals surface area contributed by atoms with Crippen molar-refractivity contribution >= 4 is 22.6 Å². The van der Waals surface area contributed by atoms with Crippen LogP contribution in [0.25, 0.3) is 22.3 Å². The number of phenolic OH excluding ortho intramolecular Hbond substituents is 1. The highest BCUT2D eigenvalue weighted by Crippen LogP contribution is 2.44. The second-order valence-corrected chi connectivity index (χ2v) is 11.6. The Bertz CT molecular complexity index is 1790. The summed E-state index contributed by atoms with van der Waals surface area (Å²) in [5.41, 5.74) is 0.277. The van der Waals surface area contributed by atoms with Crippen LogP contribution in [0, 0.1) is 0 Å². The fourth-order valence-electron chi connectivity index (χ4n) is 5.20. The molecule has 0 aliphatic carbocycles. The van der Waals surface area contributed by atoms with Crippen LogP contribution in [0.4, 0.5) is 5.69 Å². The number of benzene rings is 3. The molecule has 1 aliphatic heterocycles. The van der Waals surface area contributed by atoms with Crippen molar-refractivity contribution in [1.82, 2.24) is 0 Å². The van der Waals surface area contributed by atoms with E-state index in [1.54, 1.807) is 48.5 Å². The Morgan fingerprint density at radius 3 is 2.29 bits per heavy atom. The molecule has 0 saturated carbocycles. The van der Waals surface area contributed by atoms with E-state index in [0.29, 0.717) is 35.8 Å². The van der Waals surface area contributed by atoms with Gasteiger partial charge in [0.05, 0.1) is 20.3 Å². The van der Waals surface area contributed by atoms with Gasteiger partial charge in [0.2, 0.25) is 12.0 Å². The summed E-state index contributed by atoms with van der Waals surface area (Å²) in [7, 11) is 1.47. The largest absolute Gasteiger partial charge is 0.504 e. The molecular weight excluding hydrogens is 638 g/mol. The number of phenols is 1. The number of hydrogen-bond acceptors (Lipinski definition) is 12. The normalized spacial score (nSPS) is 20.5. The van der Waals surface area contributed by atoms with E-state index < -0.39 is 47.8 Å². The maximum Gasteiger partial charge on any atom is 0.256 e.